The summed E-state index contributed by atoms with van der Waals surface area (Å²) in [4.78, 5) is 3.93. The highest BCUT2D eigenvalue weighted by molar-refractivity contribution is 5.82. The van der Waals surface area contributed by atoms with Crippen molar-refractivity contribution in [3.63, 3.8) is 0 Å². The highest BCUT2D eigenvalue weighted by atomic mass is 19.1. The first-order chi connectivity index (χ1) is 6.69. The lowest BCUT2D eigenvalue weighted by Gasteiger charge is -2.03. The average Bonchev–Trinajstić information content (AvgIpc) is 2.21. The van der Waals surface area contributed by atoms with Gasteiger partial charge in [-0.05, 0) is 12.1 Å². The van der Waals surface area contributed by atoms with E-state index in [-0.39, 0.29) is 11.4 Å². The van der Waals surface area contributed by atoms with E-state index in [1.807, 2.05) is 6.92 Å². The molecule has 0 heterocycles. The molecule has 0 spiro atoms. The lowest BCUT2D eigenvalue weighted by molar-refractivity contribution is 0.387. The largest absolute Gasteiger partial charge is 0.494 e. The van der Waals surface area contributed by atoms with Gasteiger partial charge in [0.25, 0.3) is 0 Å². The summed E-state index contributed by atoms with van der Waals surface area (Å²) in [5.74, 6) is 0.0960. The molecule has 0 aliphatic heterocycles. The zero-order chi connectivity index (χ0) is 10.6. The van der Waals surface area contributed by atoms with Crippen molar-refractivity contribution in [2.45, 2.75) is 13.3 Å². The van der Waals surface area contributed by atoms with Gasteiger partial charge in [0.05, 0.1) is 12.9 Å². The number of aliphatic imine (C=N–C) groups is 1. The highest BCUT2D eigenvalue weighted by Gasteiger charge is 2.06. The molecule has 0 atom stereocenters. The maximum atomic E-state index is 13.5. The number of amidine groups is 1. The van der Waals surface area contributed by atoms with Crippen molar-refractivity contribution in [3.05, 3.63) is 24.0 Å². The van der Waals surface area contributed by atoms with Crippen molar-refractivity contribution in [2.24, 2.45) is 10.7 Å². The Hall–Kier alpha value is -1.58. The van der Waals surface area contributed by atoms with Crippen LogP contribution in [0.5, 0.6) is 5.75 Å². The third-order valence-corrected chi connectivity index (χ3v) is 1.79. The van der Waals surface area contributed by atoms with Crippen LogP contribution >= 0.6 is 0 Å². The molecule has 1 rings (SSSR count). The average molecular weight is 196 g/mol. The van der Waals surface area contributed by atoms with Gasteiger partial charge in [0.1, 0.15) is 5.69 Å². The fourth-order valence-electron chi connectivity index (χ4n) is 0.977. The van der Waals surface area contributed by atoms with Crippen LogP contribution in [-0.4, -0.2) is 12.9 Å². The second-order valence-electron chi connectivity index (χ2n) is 2.75. The molecule has 0 aromatic heterocycles. The molecule has 1 aromatic carbocycles. The van der Waals surface area contributed by atoms with E-state index in [0.29, 0.717) is 12.3 Å². The second-order valence-corrected chi connectivity index (χ2v) is 2.75. The van der Waals surface area contributed by atoms with Crippen LogP contribution < -0.4 is 10.5 Å². The Morgan fingerprint density at radius 1 is 1.57 bits per heavy atom. The number of nitrogens with zero attached hydrogens (tertiary/aromatic N) is 1. The SMILES string of the molecule is CCC(N)=Nc1cccc(OC)c1F. The molecular formula is C10H13FN2O. The first kappa shape index (κ1) is 10.5. The molecule has 4 heteroatoms. The molecule has 0 radical (unpaired) electrons. The topological polar surface area (TPSA) is 47.6 Å². The molecule has 0 aliphatic carbocycles. The summed E-state index contributed by atoms with van der Waals surface area (Å²) in [7, 11) is 1.41. The van der Waals surface area contributed by atoms with E-state index in [1.165, 1.54) is 13.2 Å². The van der Waals surface area contributed by atoms with Crippen molar-refractivity contribution >= 4 is 11.5 Å². The summed E-state index contributed by atoms with van der Waals surface area (Å²) in [5, 5.41) is 0. The Balaban J connectivity index is 3.10. The lowest BCUT2D eigenvalue weighted by Crippen LogP contribution is -2.08. The van der Waals surface area contributed by atoms with Crippen LogP contribution in [0.1, 0.15) is 13.3 Å². The number of hydrogen-bond donors (Lipinski definition) is 1. The van der Waals surface area contributed by atoms with Crippen LogP contribution in [-0.2, 0) is 0 Å². The number of ether oxygens (including phenoxy) is 1. The van der Waals surface area contributed by atoms with Gasteiger partial charge in [-0.3, -0.25) is 0 Å². The van der Waals surface area contributed by atoms with Gasteiger partial charge in [-0.15, -0.1) is 0 Å². The zero-order valence-corrected chi connectivity index (χ0v) is 8.25. The normalized spacial score (nSPS) is 11.5. The minimum atomic E-state index is -0.480. The molecule has 0 saturated carbocycles. The first-order valence-corrected chi connectivity index (χ1v) is 4.34. The minimum Gasteiger partial charge on any atom is -0.494 e. The van der Waals surface area contributed by atoms with E-state index in [2.05, 4.69) is 4.99 Å². The smallest absolute Gasteiger partial charge is 0.190 e. The molecule has 0 unspecified atom stereocenters. The number of halogens is 1. The van der Waals surface area contributed by atoms with E-state index >= 15 is 0 Å². The number of hydrogen-bond acceptors (Lipinski definition) is 2. The monoisotopic (exact) mass is 196 g/mol. The zero-order valence-electron chi connectivity index (χ0n) is 8.25. The first-order valence-electron chi connectivity index (χ1n) is 4.34. The van der Waals surface area contributed by atoms with Gasteiger partial charge < -0.3 is 10.5 Å². The van der Waals surface area contributed by atoms with E-state index < -0.39 is 5.82 Å². The van der Waals surface area contributed by atoms with Gasteiger partial charge in [-0.1, -0.05) is 13.0 Å². The van der Waals surface area contributed by atoms with E-state index in [9.17, 15) is 4.39 Å². The molecule has 14 heavy (non-hydrogen) atoms. The third-order valence-electron chi connectivity index (χ3n) is 1.79. The summed E-state index contributed by atoms with van der Waals surface area (Å²) in [6, 6.07) is 4.76. The minimum absolute atomic E-state index is 0.176. The summed E-state index contributed by atoms with van der Waals surface area (Å²) < 4.78 is 18.3. The molecule has 0 aliphatic rings. The van der Waals surface area contributed by atoms with Gasteiger partial charge in [0.15, 0.2) is 11.6 Å². The standard InChI is InChI=1S/C10H13FN2O/c1-3-9(12)13-7-5-4-6-8(14-2)10(7)11/h4-6H,3H2,1-2H3,(H2,12,13). The maximum absolute atomic E-state index is 13.5. The Morgan fingerprint density at radius 2 is 2.29 bits per heavy atom. The van der Waals surface area contributed by atoms with Gasteiger partial charge >= 0.3 is 0 Å². The highest BCUT2D eigenvalue weighted by Crippen LogP contribution is 2.26. The molecule has 1 aromatic rings. The van der Waals surface area contributed by atoms with Crippen LogP contribution in [0.2, 0.25) is 0 Å². The molecule has 76 valence electrons. The third kappa shape index (κ3) is 2.22. The Kier molecular flexibility index (Phi) is 3.45. The fourth-order valence-corrected chi connectivity index (χ4v) is 0.977. The molecule has 2 N–H and O–H groups in total. The number of nitrogens with two attached hydrogens (primary N) is 1. The van der Waals surface area contributed by atoms with Crippen LogP contribution in [0.4, 0.5) is 10.1 Å². The van der Waals surface area contributed by atoms with Gasteiger partial charge in [0, 0.05) is 6.42 Å². The number of methoxy groups -OCH3 is 1. The predicted octanol–water partition coefficient (Wildman–Crippen LogP) is 2.23. The van der Waals surface area contributed by atoms with Crippen molar-refractivity contribution in [1.82, 2.24) is 0 Å². The van der Waals surface area contributed by atoms with E-state index in [4.69, 9.17) is 10.5 Å². The number of rotatable bonds is 3. The Morgan fingerprint density at radius 3 is 2.86 bits per heavy atom. The fraction of sp³-hybridized carbons (Fsp3) is 0.300. The Labute approximate surface area is 82.4 Å². The van der Waals surface area contributed by atoms with Gasteiger partial charge in [-0.25, -0.2) is 9.38 Å². The number of benzene rings is 1. The molecule has 0 amide bonds. The van der Waals surface area contributed by atoms with Crippen LogP contribution in [0.25, 0.3) is 0 Å². The Bertz CT molecular complexity index is 350. The van der Waals surface area contributed by atoms with Crippen molar-refractivity contribution < 1.29 is 9.13 Å². The van der Waals surface area contributed by atoms with Crippen LogP contribution in [0, 0.1) is 5.82 Å². The summed E-state index contributed by atoms with van der Waals surface area (Å²) >= 11 is 0. The maximum Gasteiger partial charge on any atom is 0.190 e. The summed E-state index contributed by atoms with van der Waals surface area (Å²) in [6.45, 7) is 1.86. The quantitative estimate of drug-likeness (QED) is 0.595. The predicted molar refractivity (Wildman–Crippen MR) is 54.5 cm³/mol. The van der Waals surface area contributed by atoms with Gasteiger partial charge in [0.2, 0.25) is 0 Å². The van der Waals surface area contributed by atoms with Crippen molar-refractivity contribution in [2.75, 3.05) is 7.11 Å². The molecule has 0 fully saturated rings. The van der Waals surface area contributed by atoms with Crippen LogP contribution in [0.15, 0.2) is 23.2 Å². The molecular weight excluding hydrogens is 183 g/mol. The summed E-state index contributed by atoms with van der Waals surface area (Å²) in [5.41, 5.74) is 5.72. The van der Waals surface area contributed by atoms with Crippen molar-refractivity contribution in [1.29, 1.82) is 0 Å². The van der Waals surface area contributed by atoms with E-state index in [0.717, 1.165) is 0 Å². The van der Waals surface area contributed by atoms with Crippen molar-refractivity contribution in [3.8, 4) is 5.75 Å². The molecule has 3 nitrogen and oxygen atoms in total. The lowest BCUT2D eigenvalue weighted by atomic mass is 10.3. The summed E-state index contributed by atoms with van der Waals surface area (Å²) in [6.07, 6.45) is 0.594. The van der Waals surface area contributed by atoms with Crippen LogP contribution in [0.3, 0.4) is 0 Å². The van der Waals surface area contributed by atoms with Gasteiger partial charge in [-0.2, -0.15) is 0 Å². The molecule has 0 saturated heterocycles. The second kappa shape index (κ2) is 4.60. The molecule has 0 bridgehead atoms. The van der Waals surface area contributed by atoms with E-state index in [1.54, 1.807) is 12.1 Å².